The Morgan fingerprint density at radius 1 is 1.00 bits per heavy atom. The number of hydrogen-bond acceptors (Lipinski definition) is 0. The molecular weight excluding hydrogens is 192 g/mol. The monoisotopic (exact) mass is 218 g/mol. The third-order valence-corrected chi connectivity index (χ3v) is 3.84. The maximum atomic E-state index is 6.25. The van der Waals surface area contributed by atoms with Crippen LogP contribution in [0.25, 0.3) is 0 Å². The lowest BCUT2D eigenvalue weighted by atomic mass is 9.92. The minimum Gasteiger partial charge on any atom is -0.123 e. The van der Waals surface area contributed by atoms with E-state index in [1.54, 1.807) is 0 Å². The minimum absolute atomic E-state index is 0.380. The number of unbranched alkanes of at least 4 members (excludes halogenated alkanes) is 1. The van der Waals surface area contributed by atoms with Gasteiger partial charge < -0.3 is 0 Å². The Morgan fingerprint density at radius 2 is 1.64 bits per heavy atom. The van der Waals surface area contributed by atoms with Gasteiger partial charge in [0, 0.05) is 5.38 Å². The van der Waals surface area contributed by atoms with Gasteiger partial charge in [-0.05, 0) is 24.7 Å². The Morgan fingerprint density at radius 3 is 2.07 bits per heavy atom. The fraction of sp³-hybridized carbons (Fsp3) is 1.00. The number of alkyl halides is 1. The molecule has 2 unspecified atom stereocenters. The molecule has 0 aliphatic rings. The van der Waals surface area contributed by atoms with Crippen molar-refractivity contribution in [2.45, 2.75) is 71.6 Å². The molecule has 0 aliphatic carbocycles. The van der Waals surface area contributed by atoms with E-state index in [4.69, 9.17) is 11.6 Å². The molecule has 0 rings (SSSR count). The fourth-order valence-corrected chi connectivity index (χ4v) is 1.90. The van der Waals surface area contributed by atoms with Crippen molar-refractivity contribution in [1.29, 1.82) is 0 Å². The van der Waals surface area contributed by atoms with E-state index < -0.39 is 0 Å². The minimum atomic E-state index is 0.380. The molecule has 0 saturated heterocycles. The summed E-state index contributed by atoms with van der Waals surface area (Å²) in [7, 11) is 0. The molecule has 0 aromatic rings. The van der Waals surface area contributed by atoms with Crippen molar-refractivity contribution < 1.29 is 0 Å². The second-order valence-electron chi connectivity index (χ2n) is 4.75. The van der Waals surface area contributed by atoms with Gasteiger partial charge in [0.15, 0.2) is 0 Å². The molecule has 0 bridgehead atoms. The molecule has 86 valence electrons. The lowest BCUT2D eigenvalue weighted by Gasteiger charge is -2.18. The summed E-state index contributed by atoms with van der Waals surface area (Å²) in [5, 5.41) is 0.380. The standard InChI is InChI=1S/C13H27Cl/c1-5-7-8-12(6-2)9-10-13(14)11(3)4/h11-13H,5-10H2,1-4H3. The van der Waals surface area contributed by atoms with Gasteiger partial charge in [-0.3, -0.25) is 0 Å². The van der Waals surface area contributed by atoms with Gasteiger partial charge in [0.25, 0.3) is 0 Å². The molecule has 0 N–H and O–H groups in total. The largest absolute Gasteiger partial charge is 0.123 e. The van der Waals surface area contributed by atoms with Crippen LogP contribution in [-0.4, -0.2) is 5.38 Å². The molecule has 0 aromatic carbocycles. The summed E-state index contributed by atoms with van der Waals surface area (Å²) in [6, 6.07) is 0. The predicted molar refractivity (Wildman–Crippen MR) is 67.0 cm³/mol. The highest BCUT2D eigenvalue weighted by Crippen LogP contribution is 2.23. The van der Waals surface area contributed by atoms with Crippen molar-refractivity contribution in [3.8, 4) is 0 Å². The van der Waals surface area contributed by atoms with Crippen molar-refractivity contribution in [1.82, 2.24) is 0 Å². The molecular formula is C13H27Cl. The van der Waals surface area contributed by atoms with Crippen LogP contribution in [0.4, 0.5) is 0 Å². The van der Waals surface area contributed by atoms with Gasteiger partial charge in [0.05, 0.1) is 0 Å². The first-order valence-electron chi connectivity index (χ1n) is 6.25. The highest BCUT2D eigenvalue weighted by molar-refractivity contribution is 6.20. The van der Waals surface area contributed by atoms with Crippen LogP contribution in [0.1, 0.15) is 66.2 Å². The summed E-state index contributed by atoms with van der Waals surface area (Å²) in [5.41, 5.74) is 0. The Bertz CT molecular complexity index is 120. The van der Waals surface area contributed by atoms with Gasteiger partial charge >= 0.3 is 0 Å². The van der Waals surface area contributed by atoms with Gasteiger partial charge in [0.2, 0.25) is 0 Å². The second-order valence-corrected chi connectivity index (χ2v) is 5.31. The van der Waals surface area contributed by atoms with Crippen LogP contribution in [-0.2, 0) is 0 Å². The maximum Gasteiger partial charge on any atom is 0.0359 e. The first kappa shape index (κ1) is 14.3. The Kier molecular flexibility index (Phi) is 8.76. The molecule has 0 radical (unpaired) electrons. The van der Waals surface area contributed by atoms with E-state index in [1.165, 1.54) is 38.5 Å². The molecule has 0 aliphatic heterocycles. The van der Waals surface area contributed by atoms with E-state index >= 15 is 0 Å². The van der Waals surface area contributed by atoms with Crippen LogP contribution in [0.5, 0.6) is 0 Å². The Balaban J connectivity index is 3.60. The van der Waals surface area contributed by atoms with Crippen LogP contribution in [0, 0.1) is 11.8 Å². The van der Waals surface area contributed by atoms with Crippen molar-refractivity contribution in [3.05, 3.63) is 0 Å². The first-order chi connectivity index (χ1) is 6.61. The van der Waals surface area contributed by atoms with Gasteiger partial charge in [0.1, 0.15) is 0 Å². The summed E-state index contributed by atoms with van der Waals surface area (Å²) in [5.74, 6) is 1.54. The molecule has 0 heterocycles. The zero-order valence-corrected chi connectivity index (χ0v) is 11.1. The summed E-state index contributed by atoms with van der Waals surface area (Å²) in [6.07, 6.45) is 7.94. The molecule has 0 nitrogen and oxygen atoms in total. The van der Waals surface area contributed by atoms with Gasteiger partial charge in [-0.1, -0.05) is 53.4 Å². The second kappa shape index (κ2) is 8.59. The Labute approximate surface area is 95.4 Å². The van der Waals surface area contributed by atoms with Gasteiger partial charge in [-0.2, -0.15) is 0 Å². The number of rotatable bonds is 8. The third kappa shape index (κ3) is 6.70. The van der Waals surface area contributed by atoms with Gasteiger partial charge in [-0.15, -0.1) is 11.6 Å². The van der Waals surface area contributed by atoms with E-state index in [0.717, 1.165) is 5.92 Å². The zero-order chi connectivity index (χ0) is 11.0. The molecule has 1 heteroatoms. The molecule has 0 saturated carbocycles. The van der Waals surface area contributed by atoms with Crippen LogP contribution in [0.15, 0.2) is 0 Å². The lowest BCUT2D eigenvalue weighted by Crippen LogP contribution is -2.10. The third-order valence-electron chi connectivity index (χ3n) is 3.12. The predicted octanol–water partition coefficient (Wildman–Crippen LogP) is 5.25. The van der Waals surface area contributed by atoms with E-state index in [1.807, 2.05) is 0 Å². The van der Waals surface area contributed by atoms with Crippen LogP contribution >= 0.6 is 11.6 Å². The van der Waals surface area contributed by atoms with Crippen LogP contribution in [0.2, 0.25) is 0 Å². The summed E-state index contributed by atoms with van der Waals surface area (Å²) >= 11 is 6.25. The maximum absolute atomic E-state index is 6.25. The topological polar surface area (TPSA) is 0 Å². The van der Waals surface area contributed by atoms with Crippen LogP contribution < -0.4 is 0 Å². The van der Waals surface area contributed by atoms with E-state index in [-0.39, 0.29) is 0 Å². The molecule has 0 amide bonds. The number of hydrogen-bond donors (Lipinski definition) is 0. The summed E-state index contributed by atoms with van der Waals surface area (Å²) in [6.45, 7) is 9.00. The normalized spacial score (nSPS) is 15.9. The molecule has 2 atom stereocenters. The van der Waals surface area contributed by atoms with Crippen molar-refractivity contribution in [3.63, 3.8) is 0 Å². The molecule has 0 spiro atoms. The van der Waals surface area contributed by atoms with E-state index in [2.05, 4.69) is 27.7 Å². The SMILES string of the molecule is CCCCC(CC)CCC(Cl)C(C)C. The van der Waals surface area contributed by atoms with E-state index in [9.17, 15) is 0 Å². The summed E-state index contributed by atoms with van der Waals surface area (Å²) < 4.78 is 0. The average Bonchev–Trinajstić information content (AvgIpc) is 2.17. The highest BCUT2D eigenvalue weighted by atomic mass is 35.5. The van der Waals surface area contributed by atoms with Crippen molar-refractivity contribution in [2.24, 2.45) is 11.8 Å². The summed E-state index contributed by atoms with van der Waals surface area (Å²) in [4.78, 5) is 0. The lowest BCUT2D eigenvalue weighted by molar-refractivity contribution is 0.392. The van der Waals surface area contributed by atoms with Crippen LogP contribution in [0.3, 0.4) is 0 Å². The fourth-order valence-electron chi connectivity index (χ4n) is 1.77. The smallest absolute Gasteiger partial charge is 0.0359 e. The quantitative estimate of drug-likeness (QED) is 0.489. The highest BCUT2D eigenvalue weighted by Gasteiger charge is 2.12. The first-order valence-corrected chi connectivity index (χ1v) is 6.69. The van der Waals surface area contributed by atoms with E-state index in [0.29, 0.717) is 11.3 Å². The molecule has 0 aromatic heterocycles. The number of halogens is 1. The average molecular weight is 219 g/mol. The van der Waals surface area contributed by atoms with Crippen molar-refractivity contribution in [2.75, 3.05) is 0 Å². The Hall–Kier alpha value is 0.290. The zero-order valence-electron chi connectivity index (χ0n) is 10.4. The van der Waals surface area contributed by atoms with Gasteiger partial charge in [-0.25, -0.2) is 0 Å². The molecule has 0 fully saturated rings. The van der Waals surface area contributed by atoms with Crippen molar-refractivity contribution >= 4 is 11.6 Å². The molecule has 14 heavy (non-hydrogen) atoms.